The van der Waals surface area contributed by atoms with Crippen LogP contribution in [0.2, 0.25) is 0 Å². The smallest absolute Gasteiger partial charge is 0.191 e. The van der Waals surface area contributed by atoms with Crippen molar-refractivity contribution in [3.8, 4) is 0 Å². The summed E-state index contributed by atoms with van der Waals surface area (Å²) in [6.07, 6.45) is 2.53. The predicted octanol–water partition coefficient (Wildman–Crippen LogP) is 1.51. The van der Waals surface area contributed by atoms with E-state index in [0.29, 0.717) is 18.9 Å². The van der Waals surface area contributed by atoms with Gasteiger partial charge in [-0.05, 0) is 32.4 Å². The van der Waals surface area contributed by atoms with Crippen molar-refractivity contribution >= 4 is 11.8 Å². The molecular weight excluding hydrogens is 333 g/mol. The van der Waals surface area contributed by atoms with Gasteiger partial charge in [0.2, 0.25) is 0 Å². The van der Waals surface area contributed by atoms with Crippen LogP contribution in [0.25, 0.3) is 0 Å². The summed E-state index contributed by atoms with van der Waals surface area (Å²) in [5.74, 6) is 0.875. The Morgan fingerprint density at radius 2 is 2.23 bits per heavy atom. The zero-order chi connectivity index (χ0) is 18.7. The van der Waals surface area contributed by atoms with E-state index in [1.165, 1.54) is 11.6 Å². The Kier molecular flexibility index (Phi) is 5.39. The molecule has 1 aliphatic heterocycles. The molecule has 1 aliphatic rings. The summed E-state index contributed by atoms with van der Waals surface area (Å²) >= 11 is 0. The second-order valence-electron chi connectivity index (χ2n) is 6.58. The van der Waals surface area contributed by atoms with Gasteiger partial charge in [0, 0.05) is 57.2 Å². The number of guanidine groups is 1. The summed E-state index contributed by atoms with van der Waals surface area (Å²) in [4.78, 5) is 10.4. The Morgan fingerprint density at radius 1 is 1.42 bits per heavy atom. The molecule has 26 heavy (non-hydrogen) atoms. The highest BCUT2D eigenvalue weighted by Gasteiger charge is 2.26. The number of halogens is 1. The largest absolute Gasteiger partial charge is 0.352 e. The highest BCUT2D eigenvalue weighted by atomic mass is 19.1. The lowest BCUT2D eigenvalue weighted by Crippen LogP contribution is -2.44. The molecule has 1 unspecified atom stereocenters. The molecule has 0 amide bonds. The molecule has 2 N–H and O–H groups in total. The zero-order valence-electron chi connectivity index (χ0n) is 15.8. The van der Waals surface area contributed by atoms with Crippen LogP contribution in [-0.2, 0) is 13.6 Å². The van der Waals surface area contributed by atoms with Crippen LogP contribution in [0, 0.1) is 19.7 Å². The lowest BCUT2D eigenvalue weighted by molar-refractivity contribution is 0.612. The van der Waals surface area contributed by atoms with E-state index in [-0.39, 0.29) is 11.9 Å². The maximum absolute atomic E-state index is 13.9. The van der Waals surface area contributed by atoms with Crippen LogP contribution in [0.1, 0.15) is 23.4 Å². The number of aromatic nitrogens is 3. The average Bonchev–Trinajstić information content (AvgIpc) is 3.17. The molecule has 3 heterocycles. The molecular formula is C18H26FN7. The lowest BCUT2D eigenvalue weighted by atomic mass is 10.2. The van der Waals surface area contributed by atoms with Crippen molar-refractivity contribution in [1.29, 1.82) is 0 Å². The topological polar surface area (TPSA) is 70.4 Å². The molecule has 0 aliphatic carbocycles. The molecule has 1 saturated heterocycles. The van der Waals surface area contributed by atoms with Gasteiger partial charge in [-0.3, -0.25) is 9.67 Å². The van der Waals surface area contributed by atoms with Crippen molar-refractivity contribution in [3.63, 3.8) is 0 Å². The van der Waals surface area contributed by atoms with E-state index in [0.717, 1.165) is 30.3 Å². The monoisotopic (exact) mass is 359 g/mol. The molecule has 2 aromatic rings. The first-order valence-corrected chi connectivity index (χ1v) is 8.81. The van der Waals surface area contributed by atoms with Crippen molar-refractivity contribution in [3.05, 3.63) is 41.1 Å². The molecule has 1 atom stereocenters. The molecule has 7 nitrogen and oxygen atoms in total. The number of pyridine rings is 1. The van der Waals surface area contributed by atoms with Gasteiger partial charge in [-0.1, -0.05) is 0 Å². The number of nitrogens with zero attached hydrogens (tertiary/aromatic N) is 5. The fourth-order valence-corrected chi connectivity index (χ4v) is 3.31. The van der Waals surface area contributed by atoms with Crippen LogP contribution < -0.4 is 15.5 Å². The third-order valence-corrected chi connectivity index (χ3v) is 4.88. The number of aryl methyl sites for hydroxylation is 2. The predicted molar refractivity (Wildman–Crippen MR) is 101 cm³/mol. The quantitative estimate of drug-likeness (QED) is 0.640. The van der Waals surface area contributed by atoms with Gasteiger partial charge in [0.25, 0.3) is 0 Å². The SMILES string of the molecule is CN=C(NCc1c(C)nn(C)c1C)NC1CCN(c2ncccc2F)C1. The molecule has 0 spiro atoms. The number of hydrogen-bond donors (Lipinski definition) is 2. The van der Waals surface area contributed by atoms with E-state index < -0.39 is 0 Å². The van der Waals surface area contributed by atoms with Gasteiger partial charge in [0.05, 0.1) is 5.69 Å². The first-order chi connectivity index (χ1) is 12.5. The number of rotatable bonds is 4. The minimum atomic E-state index is -0.279. The highest BCUT2D eigenvalue weighted by molar-refractivity contribution is 5.80. The van der Waals surface area contributed by atoms with E-state index in [2.05, 4.69) is 32.6 Å². The second kappa shape index (κ2) is 7.72. The van der Waals surface area contributed by atoms with E-state index in [1.54, 1.807) is 19.3 Å². The Bertz CT molecular complexity index is 799. The van der Waals surface area contributed by atoms with Gasteiger partial charge in [-0.25, -0.2) is 9.37 Å². The van der Waals surface area contributed by atoms with E-state index in [9.17, 15) is 4.39 Å². The van der Waals surface area contributed by atoms with Gasteiger partial charge < -0.3 is 15.5 Å². The first kappa shape index (κ1) is 18.2. The summed E-state index contributed by atoms with van der Waals surface area (Å²) in [5, 5.41) is 11.2. The maximum atomic E-state index is 13.9. The Labute approximate surface area is 153 Å². The van der Waals surface area contributed by atoms with Crippen LogP contribution in [-0.4, -0.2) is 46.9 Å². The number of hydrogen-bond acceptors (Lipinski definition) is 4. The van der Waals surface area contributed by atoms with Gasteiger partial charge in [0.15, 0.2) is 17.6 Å². The minimum Gasteiger partial charge on any atom is -0.352 e. The van der Waals surface area contributed by atoms with E-state index in [1.807, 2.05) is 23.6 Å². The van der Waals surface area contributed by atoms with E-state index in [4.69, 9.17) is 0 Å². The summed E-state index contributed by atoms with van der Waals surface area (Å²) in [5.41, 5.74) is 3.34. The maximum Gasteiger partial charge on any atom is 0.191 e. The fraction of sp³-hybridized carbons (Fsp3) is 0.500. The number of aliphatic imine (C=N–C) groups is 1. The normalized spacial score (nSPS) is 17.7. The van der Waals surface area contributed by atoms with Gasteiger partial charge in [-0.15, -0.1) is 0 Å². The standard InChI is InChI=1S/C18H26FN7/c1-12-15(13(2)25(4)24-12)10-22-18(20-3)23-14-7-9-26(11-14)17-16(19)6-5-8-21-17/h5-6,8,14H,7,9-11H2,1-4H3,(H2,20,22,23). The van der Waals surface area contributed by atoms with Gasteiger partial charge in [0.1, 0.15) is 0 Å². The zero-order valence-corrected chi connectivity index (χ0v) is 15.8. The van der Waals surface area contributed by atoms with Crippen LogP contribution in [0.3, 0.4) is 0 Å². The van der Waals surface area contributed by atoms with Gasteiger partial charge >= 0.3 is 0 Å². The molecule has 0 saturated carbocycles. The average molecular weight is 359 g/mol. The minimum absolute atomic E-state index is 0.193. The second-order valence-corrected chi connectivity index (χ2v) is 6.58. The third-order valence-electron chi connectivity index (χ3n) is 4.88. The number of anilines is 1. The summed E-state index contributed by atoms with van der Waals surface area (Å²) < 4.78 is 15.8. The van der Waals surface area contributed by atoms with Gasteiger partial charge in [-0.2, -0.15) is 5.10 Å². The Hall–Kier alpha value is -2.64. The van der Waals surface area contributed by atoms with Crippen LogP contribution in [0.15, 0.2) is 23.3 Å². The molecule has 140 valence electrons. The molecule has 8 heteroatoms. The molecule has 0 aromatic carbocycles. The number of nitrogens with one attached hydrogen (secondary N) is 2. The molecule has 1 fully saturated rings. The van der Waals surface area contributed by atoms with Crippen molar-refractivity contribution in [2.75, 3.05) is 25.0 Å². The fourth-order valence-electron chi connectivity index (χ4n) is 3.31. The molecule has 0 radical (unpaired) electrons. The molecule has 2 aromatic heterocycles. The summed E-state index contributed by atoms with van der Waals surface area (Å²) in [7, 11) is 3.70. The van der Waals surface area contributed by atoms with E-state index >= 15 is 0 Å². The van der Waals surface area contributed by atoms with Crippen LogP contribution >= 0.6 is 0 Å². The van der Waals surface area contributed by atoms with Crippen molar-refractivity contribution in [2.45, 2.75) is 32.9 Å². The summed E-state index contributed by atoms with van der Waals surface area (Å²) in [6.45, 7) is 6.19. The van der Waals surface area contributed by atoms with Crippen molar-refractivity contribution < 1.29 is 4.39 Å². The molecule has 3 rings (SSSR count). The first-order valence-electron chi connectivity index (χ1n) is 8.81. The highest BCUT2D eigenvalue weighted by Crippen LogP contribution is 2.20. The van der Waals surface area contributed by atoms with Crippen molar-refractivity contribution in [2.24, 2.45) is 12.0 Å². The van der Waals surface area contributed by atoms with Crippen LogP contribution in [0.4, 0.5) is 10.2 Å². The van der Waals surface area contributed by atoms with Crippen molar-refractivity contribution in [1.82, 2.24) is 25.4 Å². The lowest BCUT2D eigenvalue weighted by Gasteiger charge is -2.20. The van der Waals surface area contributed by atoms with Crippen LogP contribution in [0.5, 0.6) is 0 Å². The molecule has 0 bridgehead atoms. The Balaban J connectivity index is 1.57. The Morgan fingerprint density at radius 3 is 2.88 bits per heavy atom. The summed E-state index contributed by atoms with van der Waals surface area (Å²) in [6, 6.07) is 3.25. The third kappa shape index (κ3) is 3.79.